The molecule has 1 amide bonds. The summed E-state index contributed by atoms with van der Waals surface area (Å²) in [4.78, 5) is 16.4. The first-order valence-electron chi connectivity index (χ1n) is 8.07. The fourth-order valence-electron chi connectivity index (χ4n) is 2.61. The van der Waals surface area contributed by atoms with Gasteiger partial charge in [0.2, 0.25) is 5.91 Å². The maximum atomic E-state index is 12.1. The van der Waals surface area contributed by atoms with E-state index in [1.54, 1.807) is 6.20 Å². The monoisotopic (exact) mass is 329 g/mol. The first-order valence-corrected chi connectivity index (χ1v) is 9.06. The molecule has 1 N–H and O–H groups in total. The molecule has 1 atom stereocenters. The van der Waals surface area contributed by atoms with Gasteiger partial charge in [-0.1, -0.05) is 17.8 Å². The molecule has 23 heavy (non-hydrogen) atoms. The average Bonchev–Trinajstić information content (AvgIpc) is 3.27. The highest BCUT2D eigenvalue weighted by Gasteiger charge is 2.28. The van der Waals surface area contributed by atoms with Crippen LogP contribution in [0.25, 0.3) is 5.69 Å². The molecule has 4 nitrogen and oxygen atoms in total. The van der Waals surface area contributed by atoms with Crippen LogP contribution < -0.4 is 5.32 Å². The van der Waals surface area contributed by atoms with E-state index in [4.69, 9.17) is 0 Å². The molecule has 1 fully saturated rings. The molecule has 1 aromatic heterocycles. The highest BCUT2D eigenvalue weighted by Crippen LogP contribution is 2.32. The number of benzene rings is 1. The van der Waals surface area contributed by atoms with Crippen molar-refractivity contribution in [3.05, 3.63) is 41.7 Å². The van der Waals surface area contributed by atoms with Crippen LogP contribution in [0.15, 0.2) is 35.7 Å². The van der Waals surface area contributed by atoms with Crippen LogP contribution in [0, 0.1) is 19.8 Å². The van der Waals surface area contributed by atoms with Crippen LogP contribution in [-0.2, 0) is 4.79 Å². The normalized spacial score (nSPS) is 15.4. The van der Waals surface area contributed by atoms with Gasteiger partial charge in [-0.15, -0.1) is 0 Å². The first-order chi connectivity index (χ1) is 11.0. The fourth-order valence-corrected chi connectivity index (χ4v) is 3.39. The quantitative estimate of drug-likeness (QED) is 0.825. The van der Waals surface area contributed by atoms with Crippen molar-refractivity contribution in [2.45, 2.75) is 44.8 Å². The van der Waals surface area contributed by atoms with Crippen molar-refractivity contribution >= 4 is 17.7 Å². The third kappa shape index (κ3) is 3.96. The van der Waals surface area contributed by atoms with Crippen molar-refractivity contribution in [2.75, 3.05) is 5.75 Å². The van der Waals surface area contributed by atoms with Crippen LogP contribution in [-0.4, -0.2) is 27.3 Å². The van der Waals surface area contributed by atoms with Gasteiger partial charge in [0.25, 0.3) is 0 Å². The molecule has 2 aromatic rings. The van der Waals surface area contributed by atoms with Gasteiger partial charge in [0.1, 0.15) is 0 Å². The number of rotatable bonds is 6. The summed E-state index contributed by atoms with van der Waals surface area (Å²) in [5, 5.41) is 3.93. The van der Waals surface area contributed by atoms with E-state index in [0.717, 1.165) is 10.8 Å². The summed E-state index contributed by atoms with van der Waals surface area (Å²) >= 11 is 1.48. The maximum absolute atomic E-state index is 12.1. The smallest absolute Gasteiger partial charge is 0.230 e. The Bertz CT molecular complexity index is 706. The minimum absolute atomic E-state index is 0.0871. The summed E-state index contributed by atoms with van der Waals surface area (Å²) < 4.78 is 2.04. The van der Waals surface area contributed by atoms with Gasteiger partial charge in [-0.2, -0.15) is 0 Å². The number of aryl methyl sites for hydroxylation is 2. The Hall–Kier alpha value is -1.75. The lowest BCUT2D eigenvalue weighted by molar-refractivity contribution is -0.119. The number of nitrogens with zero attached hydrogens (tertiary/aromatic N) is 2. The third-order valence-corrected chi connectivity index (χ3v) is 5.39. The highest BCUT2D eigenvalue weighted by atomic mass is 32.2. The number of nitrogens with one attached hydrogen (secondary N) is 1. The predicted molar refractivity (Wildman–Crippen MR) is 94.1 cm³/mol. The molecule has 122 valence electrons. The molecule has 1 aromatic carbocycles. The fraction of sp³-hybridized carbons (Fsp3) is 0.444. The molecular weight excluding hydrogens is 306 g/mol. The number of amides is 1. The van der Waals surface area contributed by atoms with Gasteiger partial charge in [-0.05, 0) is 62.8 Å². The van der Waals surface area contributed by atoms with Crippen molar-refractivity contribution in [1.29, 1.82) is 0 Å². The van der Waals surface area contributed by atoms with Gasteiger partial charge in [0.15, 0.2) is 5.16 Å². The zero-order valence-corrected chi connectivity index (χ0v) is 14.7. The molecule has 0 aliphatic heterocycles. The van der Waals surface area contributed by atoms with Crippen molar-refractivity contribution < 1.29 is 4.79 Å². The van der Waals surface area contributed by atoms with E-state index in [1.165, 1.54) is 35.7 Å². The summed E-state index contributed by atoms with van der Waals surface area (Å²) in [6.07, 6.45) is 6.21. The number of imidazole rings is 1. The Morgan fingerprint density at radius 3 is 2.87 bits per heavy atom. The molecule has 0 radical (unpaired) electrons. The summed E-state index contributed by atoms with van der Waals surface area (Å²) in [6.45, 7) is 6.31. The van der Waals surface area contributed by atoms with E-state index < -0.39 is 0 Å². The molecule has 0 spiro atoms. The van der Waals surface area contributed by atoms with Gasteiger partial charge < -0.3 is 5.32 Å². The van der Waals surface area contributed by atoms with Crippen molar-refractivity contribution in [1.82, 2.24) is 14.9 Å². The molecule has 3 rings (SSSR count). The molecule has 5 heteroatoms. The number of thioether (sulfide) groups is 1. The molecule has 0 bridgehead atoms. The summed E-state index contributed by atoms with van der Waals surface area (Å²) in [6, 6.07) is 6.64. The Morgan fingerprint density at radius 2 is 2.17 bits per heavy atom. The standard InChI is InChI=1S/C18H23N3OS/c1-12-4-7-16(10-13(12)2)21-9-8-19-18(21)23-11-17(22)20-14(3)15-5-6-15/h4,7-10,14-15H,5-6,11H2,1-3H3,(H,20,22)/t14-/m1/s1. The summed E-state index contributed by atoms with van der Waals surface area (Å²) in [7, 11) is 0. The zero-order chi connectivity index (χ0) is 16.4. The van der Waals surface area contributed by atoms with Gasteiger partial charge in [-0.3, -0.25) is 9.36 Å². The molecule has 1 heterocycles. The summed E-state index contributed by atoms with van der Waals surface area (Å²) in [5.74, 6) is 1.17. The topological polar surface area (TPSA) is 46.9 Å². The number of carbonyl (C=O) groups is 1. The van der Waals surface area contributed by atoms with Crippen LogP contribution in [0.1, 0.15) is 30.9 Å². The van der Waals surface area contributed by atoms with E-state index in [2.05, 4.69) is 49.3 Å². The van der Waals surface area contributed by atoms with Gasteiger partial charge in [0.05, 0.1) is 5.75 Å². The lowest BCUT2D eigenvalue weighted by Gasteiger charge is -2.13. The molecule has 1 aliphatic carbocycles. The second kappa shape index (κ2) is 6.79. The van der Waals surface area contributed by atoms with Crippen LogP contribution >= 0.6 is 11.8 Å². The van der Waals surface area contributed by atoms with Gasteiger partial charge >= 0.3 is 0 Å². The van der Waals surface area contributed by atoms with Crippen LogP contribution in [0.4, 0.5) is 0 Å². The molecule has 1 aliphatic rings. The number of carbonyl (C=O) groups excluding carboxylic acids is 1. The van der Waals surface area contributed by atoms with E-state index in [9.17, 15) is 4.79 Å². The molecule has 0 unspecified atom stereocenters. The second-order valence-electron chi connectivity index (χ2n) is 6.33. The third-order valence-electron chi connectivity index (χ3n) is 4.43. The largest absolute Gasteiger partial charge is 0.353 e. The van der Waals surface area contributed by atoms with E-state index in [-0.39, 0.29) is 5.91 Å². The second-order valence-corrected chi connectivity index (χ2v) is 7.27. The number of aromatic nitrogens is 2. The van der Waals surface area contributed by atoms with Crippen LogP contribution in [0.5, 0.6) is 0 Å². The Morgan fingerprint density at radius 1 is 1.39 bits per heavy atom. The Kier molecular flexibility index (Phi) is 4.76. The van der Waals surface area contributed by atoms with Crippen molar-refractivity contribution in [3.63, 3.8) is 0 Å². The lowest BCUT2D eigenvalue weighted by atomic mass is 10.1. The minimum Gasteiger partial charge on any atom is -0.353 e. The Balaban J connectivity index is 1.63. The Labute approximate surface area is 141 Å². The number of hydrogen-bond acceptors (Lipinski definition) is 3. The minimum atomic E-state index is 0.0871. The molecule has 1 saturated carbocycles. The van der Waals surface area contributed by atoms with Crippen LogP contribution in [0.2, 0.25) is 0 Å². The maximum Gasteiger partial charge on any atom is 0.230 e. The van der Waals surface area contributed by atoms with E-state index in [1.807, 2.05) is 10.8 Å². The van der Waals surface area contributed by atoms with Crippen molar-refractivity contribution in [2.24, 2.45) is 5.92 Å². The number of hydrogen-bond donors (Lipinski definition) is 1. The van der Waals surface area contributed by atoms with Crippen LogP contribution in [0.3, 0.4) is 0 Å². The average molecular weight is 329 g/mol. The lowest BCUT2D eigenvalue weighted by Crippen LogP contribution is -2.35. The SMILES string of the molecule is Cc1ccc(-n2ccnc2SCC(=O)N[C@H](C)C2CC2)cc1C. The summed E-state index contributed by atoms with van der Waals surface area (Å²) in [5.41, 5.74) is 3.61. The van der Waals surface area contributed by atoms with E-state index in [0.29, 0.717) is 17.7 Å². The predicted octanol–water partition coefficient (Wildman–Crippen LogP) is 3.50. The highest BCUT2D eigenvalue weighted by molar-refractivity contribution is 7.99. The zero-order valence-electron chi connectivity index (χ0n) is 13.9. The van der Waals surface area contributed by atoms with Gasteiger partial charge in [-0.25, -0.2) is 4.98 Å². The van der Waals surface area contributed by atoms with Crippen molar-refractivity contribution in [3.8, 4) is 5.69 Å². The van der Waals surface area contributed by atoms with Gasteiger partial charge in [0, 0.05) is 24.1 Å². The molecule has 0 saturated heterocycles. The van der Waals surface area contributed by atoms with E-state index >= 15 is 0 Å². The first kappa shape index (κ1) is 16.1. The molecular formula is C18H23N3OS.